The molecule has 1 saturated carbocycles. The molecular weight excluding hydrogens is 578 g/mol. The summed E-state index contributed by atoms with van der Waals surface area (Å²) in [5.41, 5.74) is 3.57. The molecule has 4 aromatic rings. The predicted molar refractivity (Wildman–Crippen MR) is 163 cm³/mol. The van der Waals surface area contributed by atoms with Gasteiger partial charge in [-0.3, -0.25) is 4.79 Å². The summed E-state index contributed by atoms with van der Waals surface area (Å²) in [5.74, 6) is -0.630. The molecule has 0 aliphatic heterocycles. The van der Waals surface area contributed by atoms with Crippen LogP contribution in [0, 0.1) is 0 Å². The summed E-state index contributed by atoms with van der Waals surface area (Å²) in [6.45, 7) is 1.84. The van der Waals surface area contributed by atoms with Crippen molar-refractivity contribution >= 4 is 57.6 Å². The van der Waals surface area contributed by atoms with Gasteiger partial charge in [-0.2, -0.15) is 0 Å². The van der Waals surface area contributed by atoms with Crippen LogP contribution in [0.25, 0.3) is 11.0 Å². The number of thiophene rings is 2. The Kier molecular flexibility index (Phi) is 8.34. The van der Waals surface area contributed by atoms with E-state index in [0.29, 0.717) is 20.1 Å². The smallest absolute Gasteiger partial charge is 0.349 e. The van der Waals surface area contributed by atoms with Gasteiger partial charge in [0.25, 0.3) is 0 Å². The molecule has 41 heavy (non-hydrogen) atoms. The Morgan fingerprint density at radius 2 is 2.02 bits per heavy atom. The van der Waals surface area contributed by atoms with Crippen LogP contribution in [0.2, 0.25) is 4.34 Å². The molecule has 7 nitrogen and oxygen atoms in total. The van der Waals surface area contributed by atoms with Crippen molar-refractivity contribution in [2.75, 3.05) is 13.6 Å². The monoisotopic (exact) mass is 611 g/mol. The number of aliphatic hydroxyl groups is 1. The molecule has 1 N–H and O–H groups in total. The Bertz CT molecular complexity index is 1540. The van der Waals surface area contributed by atoms with Crippen molar-refractivity contribution in [2.45, 2.75) is 75.7 Å². The van der Waals surface area contributed by atoms with E-state index in [1.807, 2.05) is 23.8 Å². The lowest BCUT2D eigenvalue weighted by molar-refractivity contribution is -0.169. The number of hydrogen-bond acceptors (Lipinski definition) is 8. The van der Waals surface area contributed by atoms with Crippen LogP contribution in [0.15, 0.2) is 42.0 Å². The average molecular weight is 612 g/mol. The first-order valence-electron chi connectivity index (χ1n) is 14.3. The third-order valence-electron chi connectivity index (χ3n) is 8.69. The van der Waals surface area contributed by atoms with Crippen LogP contribution < -0.4 is 0 Å². The molecule has 0 saturated heterocycles. The van der Waals surface area contributed by atoms with Crippen LogP contribution in [0.3, 0.4) is 0 Å². The van der Waals surface area contributed by atoms with Crippen molar-refractivity contribution in [3.63, 3.8) is 0 Å². The zero-order valence-corrected chi connectivity index (χ0v) is 25.4. The number of carbonyl (C=O) groups excluding carboxylic acids is 2. The van der Waals surface area contributed by atoms with Gasteiger partial charge in [0.05, 0.1) is 31.5 Å². The lowest BCUT2D eigenvalue weighted by Crippen LogP contribution is -2.42. The zero-order chi connectivity index (χ0) is 28.6. The van der Waals surface area contributed by atoms with Gasteiger partial charge in [-0.25, -0.2) is 9.78 Å². The normalized spacial score (nSPS) is 20.3. The number of fused-ring (bicyclic) bond motifs is 3. The maximum Gasteiger partial charge on any atom is 0.349 e. The van der Waals surface area contributed by atoms with E-state index in [9.17, 15) is 14.7 Å². The summed E-state index contributed by atoms with van der Waals surface area (Å²) in [6, 6.07) is 9.34. The first kappa shape index (κ1) is 28.6. The van der Waals surface area contributed by atoms with Crippen LogP contribution >= 0.6 is 34.3 Å². The number of carbonyl (C=O) groups is 2. The molecule has 1 atom stereocenters. The van der Waals surface area contributed by atoms with Crippen LogP contribution in [-0.4, -0.2) is 57.6 Å². The maximum atomic E-state index is 13.4. The quantitative estimate of drug-likeness (QED) is 0.169. The van der Waals surface area contributed by atoms with Crippen molar-refractivity contribution in [1.82, 2.24) is 14.5 Å². The second-order valence-electron chi connectivity index (χ2n) is 11.2. The van der Waals surface area contributed by atoms with Gasteiger partial charge in [-0.05, 0) is 106 Å². The second kappa shape index (κ2) is 12.0. The van der Waals surface area contributed by atoms with Gasteiger partial charge in [0.2, 0.25) is 5.60 Å². The Balaban J connectivity index is 1.03. The molecule has 0 radical (unpaired) electrons. The third-order valence-corrected chi connectivity index (χ3v) is 11.0. The molecule has 3 heterocycles. The van der Waals surface area contributed by atoms with E-state index in [1.54, 1.807) is 18.2 Å². The van der Waals surface area contributed by atoms with E-state index in [2.05, 4.69) is 21.5 Å². The summed E-state index contributed by atoms with van der Waals surface area (Å²) in [4.78, 5) is 33.0. The van der Waals surface area contributed by atoms with Gasteiger partial charge in [0.15, 0.2) is 0 Å². The number of hydrogen-bond donors (Lipinski definition) is 1. The first-order valence-corrected chi connectivity index (χ1v) is 16.3. The van der Waals surface area contributed by atoms with Crippen molar-refractivity contribution in [2.24, 2.45) is 0 Å². The van der Waals surface area contributed by atoms with Gasteiger partial charge < -0.3 is 19.3 Å². The minimum Gasteiger partial charge on any atom is -0.460 e. The molecule has 1 fully saturated rings. The number of halogens is 1. The fourth-order valence-electron chi connectivity index (χ4n) is 6.49. The SMILES string of the molecule is CN(CCCn1cnc2cc(C=O)c3c(c21)CCC3)C1CCC(OC(=O)[C@](O)(c2cccs2)c2ccc(Cl)s2)CC1. The summed E-state index contributed by atoms with van der Waals surface area (Å²) < 4.78 is 8.70. The number of aryl methyl sites for hydroxylation is 2. The summed E-state index contributed by atoms with van der Waals surface area (Å²) in [7, 11) is 2.17. The van der Waals surface area contributed by atoms with Crippen LogP contribution in [0.4, 0.5) is 0 Å². The van der Waals surface area contributed by atoms with E-state index in [0.717, 1.165) is 81.8 Å². The highest BCUT2D eigenvalue weighted by Crippen LogP contribution is 2.40. The number of imidazole rings is 1. The lowest BCUT2D eigenvalue weighted by atomic mass is 9.91. The molecule has 1 aromatic carbocycles. The molecule has 0 amide bonds. The molecule has 6 rings (SSSR count). The number of ether oxygens (including phenoxy) is 1. The molecule has 0 unspecified atom stereocenters. The Hall–Kier alpha value is -2.56. The van der Waals surface area contributed by atoms with Crippen LogP contribution in [0.5, 0.6) is 0 Å². The molecule has 2 aliphatic rings. The van der Waals surface area contributed by atoms with Crippen molar-refractivity contribution < 1.29 is 19.4 Å². The average Bonchev–Trinajstić information content (AvgIpc) is 3.79. The van der Waals surface area contributed by atoms with E-state index in [-0.39, 0.29) is 6.10 Å². The molecule has 10 heteroatoms. The fraction of sp³-hybridized carbons (Fsp3) is 0.452. The summed E-state index contributed by atoms with van der Waals surface area (Å²) in [6.07, 6.45) is 10.2. The third kappa shape index (κ3) is 5.50. The van der Waals surface area contributed by atoms with Crippen LogP contribution in [0.1, 0.15) is 69.8 Å². The molecule has 0 spiro atoms. The minimum absolute atomic E-state index is 0.218. The predicted octanol–water partition coefficient (Wildman–Crippen LogP) is 6.23. The van der Waals surface area contributed by atoms with Crippen molar-refractivity contribution in [1.29, 1.82) is 0 Å². The number of benzene rings is 1. The number of aldehydes is 1. The highest BCUT2D eigenvalue weighted by molar-refractivity contribution is 7.16. The maximum absolute atomic E-state index is 13.4. The topological polar surface area (TPSA) is 84.7 Å². The van der Waals surface area contributed by atoms with E-state index in [1.165, 1.54) is 39.3 Å². The molecule has 3 aromatic heterocycles. The Morgan fingerprint density at radius 1 is 1.22 bits per heavy atom. The van der Waals surface area contributed by atoms with Crippen molar-refractivity contribution in [3.05, 3.63) is 72.8 Å². The lowest BCUT2D eigenvalue weighted by Gasteiger charge is -2.35. The standard InChI is InChI=1S/C31H34ClN3O4S2/c1-34(14-4-15-35-19-33-25-17-20(18-36)23-5-2-6-24(23)29(25)35)21-8-10-22(11-9-21)39-30(37)31(38,26-7-3-16-40-26)27-12-13-28(32)41-27/h3,7,12-13,16-19,21-22,38H,2,4-6,8-11,14-15H2,1H3/t21?,22?,31-/m0/s1. The Labute approximate surface area is 252 Å². The summed E-state index contributed by atoms with van der Waals surface area (Å²) in [5, 5.41) is 13.4. The molecule has 216 valence electrons. The van der Waals surface area contributed by atoms with Gasteiger partial charge in [-0.1, -0.05) is 17.7 Å². The number of esters is 1. The Morgan fingerprint density at radius 3 is 2.73 bits per heavy atom. The second-order valence-corrected chi connectivity index (χ2v) is 13.8. The number of aromatic nitrogens is 2. The number of rotatable bonds is 10. The molecule has 0 bridgehead atoms. The van der Waals surface area contributed by atoms with E-state index >= 15 is 0 Å². The van der Waals surface area contributed by atoms with Gasteiger partial charge >= 0.3 is 5.97 Å². The first-order chi connectivity index (χ1) is 19.9. The highest BCUT2D eigenvalue weighted by atomic mass is 35.5. The van der Waals surface area contributed by atoms with E-state index in [4.69, 9.17) is 16.3 Å². The molecular formula is C31H34ClN3O4S2. The van der Waals surface area contributed by atoms with Gasteiger partial charge in [-0.15, -0.1) is 22.7 Å². The van der Waals surface area contributed by atoms with Crippen LogP contribution in [-0.2, 0) is 34.5 Å². The van der Waals surface area contributed by atoms with E-state index < -0.39 is 11.6 Å². The van der Waals surface area contributed by atoms with Gasteiger partial charge in [0, 0.05) is 18.2 Å². The summed E-state index contributed by atoms with van der Waals surface area (Å²) >= 11 is 8.66. The molecule has 2 aliphatic carbocycles. The highest BCUT2D eigenvalue weighted by Gasteiger charge is 2.45. The fourth-order valence-corrected chi connectivity index (χ4v) is 8.52. The zero-order valence-electron chi connectivity index (χ0n) is 23.1. The largest absolute Gasteiger partial charge is 0.460 e. The minimum atomic E-state index is -1.84. The van der Waals surface area contributed by atoms with Crippen molar-refractivity contribution in [3.8, 4) is 0 Å². The number of nitrogens with zero attached hydrogens (tertiary/aromatic N) is 3. The van der Waals surface area contributed by atoms with Gasteiger partial charge in [0.1, 0.15) is 12.4 Å².